The van der Waals surface area contributed by atoms with Crippen LogP contribution in [0.25, 0.3) is 0 Å². The van der Waals surface area contributed by atoms with Gasteiger partial charge in [0.15, 0.2) is 0 Å². The Balaban J connectivity index is 3.53. The summed E-state index contributed by atoms with van der Waals surface area (Å²) in [6, 6.07) is -0.927. The first kappa shape index (κ1) is 19.4. The molecule has 1 unspecified atom stereocenters. The number of carboxylic acid groups (broad SMARTS) is 1. The van der Waals surface area contributed by atoms with Crippen LogP contribution in [0, 0.1) is 0 Å². The average Bonchev–Trinajstić information content (AvgIpc) is 2.44. The lowest BCUT2D eigenvalue weighted by molar-refractivity contribution is -0.141. The van der Waals surface area contributed by atoms with Crippen LogP contribution in [-0.2, 0) is 14.4 Å². The molecule has 0 aliphatic rings. The number of carbonyl (C=O) groups is 3. The molecular weight excluding hydrogens is 272 g/mol. The van der Waals surface area contributed by atoms with Crippen molar-refractivity contribution in [2.75, 3.05) is 6.54 Å². The summed E-state index contributed by atoms with van der Waals surface area (Å²) in [7, 11) is 0. The standard InChI is InChI=1S/C15H28N2O4/c1-3-4-5-6-7-8-11-16-13(18)9-10-14(19)17-12(2)15(20)21/h12H,3-11H2,1-2H3,(H,16,18)(H,17,19)(H,20,21). The minimum Gasteiger partial charge on any atom is -0.480 e. The molecule has 6 nitrogen and oxygen atoms in total. The van der Waals surface area contributed by atoms with Crippen molar-refractivity contribution in [2.24, 2.45) is 0 Å². The summed E-state index contributed by atoms with van der Waals surface area (Å²) in [4.78, 5) is 33.4. The van der Waals surface area contributed by atoms with Gasteiger partial charge >= 0.3 is 5.97 Å². The van der Waals surface area contributed by atoms with E-state index < -0.39 is 17.9 Å². The first-order valence-corrected chi connectivity index (χ1v) is 7.76. The summed E-state index contributed by atoms with van der Waals surface area (Å²) in [6.45, 7) is 4.20. The fraction of sp³-hybridized carbons (Fsp3) is 0.800. The topological polar surface area (TPSA) is 95.5 Å². The molecule has 0 aromatic rings. The predicted molar refractivity (Wildman–Crippen MR) is 80.9 cm³/mol. The lowest BCUT2D eigenvalue weighted by Crippen LogP contribution is -2.38. The highest BCUT2D eigenvalue weighted by Crippen LogP contribution is 2.04. The quantitative estimate of drug-likeness (QED) is 0.479. The van der Waals surface area contributed by atoms with E-state index in [1.165, 1.54) is 32.6 Å². The van der Waals surface area contributed by atoms with Gasteiger partial charge in [-0.05, 0) is 13.3 Å². The van der Waals surface area contributed by atoms with Gasteiger partial charge in [-0.1, -0.05) is 39.0 Å². The zero-order chi connectivity index (χ0) is 16.1. The van der Waals surface area contributed by atoms with Crippen LogP contribution >= 0.6 is 0 Å². The van der Waals surface area contributed by atoms with Gasteiger partial charge in [0.2, 0.25) is 11.8 Å². The van der Waals surface area contributed by atoms with Crippen LogP contribution < -0.4 is 10.6 Å². The van der Waals surface area contributed by atoms with Crippen LogP contribution in [0.2, 0.25) is 0 Å². The monoisotopic (exact) mass is 300 g/mol. The summed E-state index contributed by atoms with van der Waals surface area (Å²) in [5.41, 5.74) is 0. The summed E-state index contributed by atoms with van der Waals surface area (Å²) >= 11 is 0. The van der Waals surface area contributed by atoms with Crippen molar-refractivity contribution in [3.05, 3.63) is 0 Å². The second kappa shape index (κ2) is 12.2. The molecule has 2 amide bonds. The summed E-state index contributed by atoms with van der Waals surface area (Å²) in [5.74, 6) is -1.67. The molecule has 1 atom stereocenters. The normalized spacial score (nSPS) is 11.7. The third kappa shape index (κ3) is 11.9. The highest BCUT2D eigenvalue weighted by Gasteiger charge is 2.14. The minimum atomic E-state index is -1.09. The Morgan fingerprint density at radius 1 is 0.952 bits per heavy atom. The largest absolute Gasteiger partial charge is 0.480 e. The van der Waals surface area contributed by atoms with Crippen LogP contribution in [0.5, 0.6) is 0 Å². The van der Waals surface area contributed by atoms with Gasteiger partial charge in [0, 0.05) is 19.4 Å². The number of aliphatic carboxylic acids is 1. The van der Waals surface area contributed by atoms with Crippen molar-refractivity contribution in [3.63, 3.8) is 0 Å². The molecule has 0 bridgehead atoms. The molecule has 0 saturated heterocycles. The van der Waals surface area contributed by atoms with Gasteiger partial charge in [0.1, 0.15) is 6.04 Å². The Labute approximate surface area is 126 Å². The van der Waals surface area contributed by atoms with E-state index in [1.807, 2.05) is 0 Å². The zero-order valence-corrected chi connectivity index (χ0v) is 13.1. The Bertz CT molecular complexity index is 332. The number of carboxylic acids is 1. The van der Waals surface area contributed by atoms with Crippen LogP contribution in [0.3, 0.4) is 0 Å². The van der Waals surface area contributed by atoms with Gasteiger partial charge in [-0.25, -0.2) is 0 Å². The summed E-state index contributed by atoms with van der Waals surface area (Å²) in [6.07, 6.45) is 7.09. The van der Waals surface area contributed by atoms with Gasteiger partial charge in [0.05, 0.1) is 0 Å². The van der Waals surface area contributed by atoms with Crippen molar-refractivity contribution in [2.45, 2.75) is 71.3 Å². The Hall–Kier alpha value is -1.59. The maximum atomic E-state index is 11.5. The molecule has 0 aliphatic carbocycles. The van der Waals surface area contributed by atoms with Crippen LogP contribution in [0.4, 0.5) is 0 Å². The van der Waals surface area contributed by atoms with Gasteiger partial charge in [-0.15, -0.1) is 0 Å². The Morgan fingerprint density at radius 3 is 2.14 bits per heavy atom. The lowest BCUT2D eigenvalue weighted by atomic mass is 10.1. The minimum absolute atomic E-state index is 0.0138. The van der Waals surface area contributed by atoms with Gasteiger partial charge in [-0.2, -0.15) is 0 Å². The molecular formula is C15H28N2O4. The maximum Gasteiger partial charge on any atom is 0.325 e. The number of carbonyl (C=O) groups excluding carboxylic acids is 2. The number of unbranched alkanes of at least 4 members (excludes halogenated alkanes) is 5. The zero-order valence-electron chi connectivity index (χ0n) is 13.1. The van der Waals surface area contributed by atoms with E-state index in [0.717, 1.165) is 12.8 Å². The van der Waals surface area contributed by atoms with Gasteiger partial charge in [0.25, 0.3) is 0 Å². The maximum absolute atomic E-state index is 11.5. The molecule has 0 saturated carbocycles. The fourth-order valence-corrected chi connectivity index (χ4v) is 1.82. The molecule has 122 valence electrons. The molecule has 0 rings (SSSR count). The average molecular weight is 300 g/mol. The molecule has 0 heterocycles. The van der Waals surface area contributed by atoms with E-state index >= 15 is 0 Å². The van der Waals surface area contributed by atoms with E-state index in [-0.39, 0.29) is 18.7 Å². The number of hydrogen-bond acceptors (Lipinski definition) is 3. The fourth-order valence-electron chi connectivity index (χ4n) is 1.82. The van der Waals surface area contributed by atoms with Crippen LogP contribution in [0.15, 0.2) is 0 Å². The molecule has 0 aromatic carbocycles. The highest BCUT2D eigenvalue weighted by molar-refractivity contribution is 5.86. The number of nitrogens with one attached hydrogen (secondary N) is 2. The SMILES string of the molecule is CCCCCCCCNC(=O)CCC(=O)NC(C)C(=O)O. The molecule has 21 heavy (non-hydrogen) atoms. The lowest BCUT2D eigenvalue weighted by Gasteiger charge is -2.09. The van der Waals surface area contributed by atoms with Crippen LogP contribution in [0.1, 0.15) is 65.2 Å². The van der Waals surface area contributed by atoms with E-state index in [0.29, 0.717) is 6.54 Å². The smallest absolute Gasteiger partial charge is 0.325 e. The Kier molecular flexibility index (Phi) is 11.3. The first-order chi connectivity index (χ1) is 9.97. The Morgan fingerprint density at radius 2 is 1.52 bits per heavy atom. The van der Waals surface area contributed by atoms with E-state index in [4.69, 9.17) is 5.11 Å². The molecule has 3 N–H and O–H groups in total. The van der Waals surface area contributed by atoms with E-state index in [2.05, 4.69) is 17.6 Å². The van der Waals surface area contributed by atoms with Crippen molar-refractivity contribution in [1.82, 2.24) is 10.6 Å². The third-order valence-electron chi connectivity index (χ3n) is 3.18. The van der Waals surface area contributed by atoms with Crippen molar-refractivity contribution >= 4 is 17.8 Å². The molecule has 0 fully saturated rings. The number of rotatable bonds is 12. The van der Waals surface area contributed by atoms with Crippen molar-refractivity contribution in [1.29, 1.82) is 0 Å². The van der Waals surface area contributed by atoms with E-state index in [9.17, 15) is 14.4 Å². The number of amides is 2. The van der Waals surface area contributed by atoms with Crippen LogP contribution in [-0.4, -0.2) is 35.5 Å². The summed E-state index contributed by atoms with van der Waals surface area (Å²) in [5, 5.41) is 13.7. The second-order valence-corrected chi connectivity index (χ2v) is 5.25. The molecule has 0 spiro atoms. The first-order valence-electron chi connectivity index (χ1n) is 7.76. The van der Waals surface area contributed by atoms with Crippen molar-refractivity contribution < 1.29 is 19.5 Å². The van der Waals surface area contributed by atoms with Gasteiger partial charge in [-0.3, -0.25) is 14.4 Å². The van der Waals surface area contributed by atoms with Gasteiger partial charge < -0.3 is 15.7 Å². The molecule has 0 aromatic heterocycles. The second-order valence-electron chi connectivity index (χ2n) is 5.25. The molecule has 6 heteroatoms. The third-order valence-corrected chi connectivity index (χ3v) is 3.18. The van der Waals surface area contributed by atoms with Crippen molar-refractivity contribution in [3.8, 4) is 0 Å². The van der Waals surface area contributed by atoms with E-state index in [1.54, 1.807) is 0 Å². The predicted octanol–water partition coefficient (Wildman–Crippen LogP) is 1.83. The number of hydrogen-bond donors (Lipinski definition) is 3. The summed E-state index contributed by atoms with van der Waals surface area (Å²) < 4.78 is 0. The molecule has 0 radical (unpaired) electrons. The highest BCUT2D eigenvalue weighted by atomic mass is 16.4. The molecule has 0 aliphatic heterocycles.